The molecule has 0 aliphatic heterocycles. The molecule has 2 aromatic rings. The van der Waals surface area contributed by atoms with Crippen molar-refractivity contribution in [2.45, 2.75) is 39.0 Å². The van der Waals surface area contributed by atoms with Crippen LogP contribution in [0.3, 0.4) is 0 Å². The van der Waals surface area contributed by atoms with Gasteiger partial charge in [-0.05, 0) is 44.0 Å². The summed E-state index contributed by atoms with van der Waals surface area (Å²) < 4.78 is 11.3. The lowest BCUT2D eigenvalue weighted by atomic mass is 10.4. The third-order valence-electron chi connectivity index (χ3n) is 3.12. The smallest absolute Gasteiger partial charge is 0.146 e. The summed E-state index contributed by atoms with van der Waals surface area (Å²) in [5.41, 5.74) is 0.985. The van der Waals surface area contributed by atoms with Crippen LogP contribution < -0.4 is 10.1 Å². The van der Waals surface area contributed by atoms with E-state index in [1.54, 1.807) is 6.20 Å². The normalized spacial score (nSPS) is 14.6. The molecule has 1 fully saturated rings. The van der Waals surface area contributed by atoms with Crippen LogP contribution in [0.1, 0.15) is 30.1 Å². The molecule has 0 aromatic carbocycles. The van der Waals surface area contributed by atoms with E-state index in [0.717, 1.165) is 29.5 Å². The van der Waals surface area contributed by atoms with Gasteiger partial charge in [0.1, 0.15) is 23.9 Å². The SMILES string of the molecule is Cc1ccc(OCc2ccc(CNC3CC3)o2)cn1. The number of hydrogen-bond acceptors (Lipinski definition) is 4. The zero-order chi connectivity index (χ0) is 13.1. The Kier molecular flexibility index (Phi) is 3.51. The van der Waals surface area contributed by atoms with E-state index < -0.39 is 0 Å². The van der Waals surface area contributed by atoms with Crippen LogP contribution in [0.15, 0.2) is 34.9 Å². The molecule has 0 radical (unpaired) electrons. The highest BCUT2D eigenvalue weighted by Crippen LogP contribution is 2.20. The summed E-state index contributed by atoms with van der Waals surface area (Å²) in [7, 11) is 0. The molecule has 1 N–H and O–H groups in total. The molecule has 0 saturated heterocycles. The fourth-order valence-electron chi connectivity index (χ4n) is 1.82. The minimum Gasteiger partial charge on any atom is -0.484 e. The number of pyridine rings is 1. The van der Waals surface area contributed by atoms with Crippen LogP contribution in [0.25, 0.3) is 0 Å². The molecule has 1 aliphatic rings. The van der Waals surface area contributed by atoms with Gasteiger partial charge in [-0.15, -0.1) is 0 Å². The van der Waals surface area contributed by atoms with Crippen molar-refractivity contribution in [3.63, 3.8) is 0 Å². The Morgan fingerprint density at radius 2 is 2.11 bits per heavy atom. The average molecular weight is 258 g/mol. The van der Waals surface area contributed by atoms with Crippen molar-refractivity contribution in [3.8, 4) is 5.75 Å². The fraction of sp³-hybridized carbons (Fsp3) is 0.400. The number of furan rings is 1. The zero-order valence-electron chi connectivity index (χ0n) is 11.1. The Labute approximate surface area is 112 Å². The summed E-state index contributed by atoms with van der Waals surface area (Å²) in [6, 6.07) is 8.51. The Hall–Kier alpha value is -1.81. The van der Waals surface area contributed by atoms with Crippen molar-refractivity contribution in [2.24, 2.45) is 0 Å². The van der Waals surface area contributed by atoms with Crippen LogP contribution in [-0.2, 0) is 13.2 Å². The summed E-state index contributed by atoms with van der Waals surface area (Å²) in [5, 5.41) is 3.42. The highest BCUT2D eigenvalue weighted by atomic mass is 16.5. The molecule has 0 spiro atoms. The van der Waals surface area contributed by atoms with Crippen LogP contribution in [0.4, 0.5) is 0 Å². The first-order valence-electron chi connectivity index (χ1n) is 6.66. The summed E-state index contributed by atoms with van der Waals surface area (Å²) in [6.45, 7) is 3.19. The van der Waals surface area contributed by atoms with Crippen molar-refractivity contribution < 1.29 is 9.15 Å². The van der Waals surface area contributed by atoms with E-state index in [2.05, 4.69) is 10.3 Å². The van der Waals surface area contributed by atoms with Gasteiger partial charge in [0.25, 0.3) is 0 Å². The standard InChI is InChI=1S/C15H18N2O2/c1-11-2-5-13(8-16-11)18-10-15-7-6-14(19-15)9-17-12-3-4-12/h2,5-8,12,17H,3-4,9-10H2,1H3. The van der Waals surface area contributed by atoms with Crippen molar-refractivity contribution in [1.29, 1.82) is 0 Å². The number of aryl methyl sites for hydroxylation is 1. The first kappa shape index (κ1) is 12.2. The summed E-state index contributed by atoms with van der Waals surface area (Å²) in [4.78, 5) is 4.19. The van der Waals surface area contributed by atoms with Gasteiger partial charge in [-0.2, -0.15) is 0 Å². The molecule has 0 amide bonds. The highest BCUT2D eigenvalue weighted by molar-refractivity contribution is 5.19. The van der Waals surface area contributed by atoms with E-state index in [9.17, 15) is 0 Å². The van der Waals surface area contributed by atoms with Crippen LogP contribution in [-0.4, -0.2) is 11.0 Å². The third-order valence-corrected chi connectivity index (χ3v) is 3.12. The van der Waals surface area contributed by atoms with Gasteiger partial charge in [0.15, 0.2) is 0 Å². The van der Waals surface area contributed by atoms with E-state index in [1.807, 2.05) is 31.2 Å². The lowest BCUT2D eigenvalue weighted by Crippen LogP contribution is -2.14. The molecule has 2 aromatic heterocycles. The van der Waals surface area contributed by atoms with Crippen LogP contribution in [0, 0.1) is 6.92 Å². The maximum absolute atomic E-state index is 5.70. The number of hydrogen-bond donors (Lipinski definition) is 1. The molecule has 0 bridgehead atoms. The third kappa shape index (κ3) is 3.58. The van der Waals surface area contributed by atoms with Crippen molar-refractivity contribution >= 4 is 0 Å². The molecular weight excluding hydrogens is 240 g/mol. The Balaban J connectivity index is 1.50. The van der Waals surface area contributed by atoms with Crippen LogP contribution in [0.5, 0.6) is 5.75 Å². The number of nitrogens with zero attached hydrogens (tertiary/aromatic N) is 1. The molecule has 100 valence electrons. The molecule has 0 unspecified atom stereocenters. The maximum atomic E-state index is 5.70. The Bertz CT molecular complexity index is 529. The number of rotatable bonds is 6. The van der Waals surface area contributed by atoms with Crippen LogP contribution in [0.2, 0.25) is 0 Å². The van der Waals surface area contributed by atoms with Gasteiger partial charge in [0, 0.05) is 11.7 Å². The number of aromatic nitrogens is 1. The van der Waals surface area contributed by atoms with Gasteiger partial charge in [-0.3, -0.25) is 4.98 Å². The average Bonchev–Trinajstić information content (AvgIpc) is 3.15. The Morgan fingerprint density at radius 3 is 2.84 bits per heavy atom. The lowest BCUT2D eigenvalue weighted by Gasteiger charge is -2.04. The second-order valence-electron chi connectivity index (χ2n) is 4.95. The highest BCUT2D eigenvalue weighted by Gasteiger charge is 2.20. The summed E-state index contributed by atoms with van der Waals surface area (Å²) >= 11 is 0. The first-order valence-corrected chi connectivity index (χ1v) is 6.66. The second-order valence-corrected chi connectivity index (χ2v) is 4.95. The first-order chi connectivity index (χ1) is 9.29. The maximum Gasteiger partial charge on any atom is 0.146 e. The van der Waals surface area contributed by atoms with E-state index in [-0.39, 0.29) is 0 Å². The molecule has 2 heterocycles. The van der Waals surface area contributed by atoms with Gasteiger partial charge < -0.3 is 14.5 Å². The van der Waals surface area contributed by atoms with Crippen LogP contribution >= 0.6 is 0 Å². The minimum atomic E-state index is 0.439. The predicted octanol–water partition coefficient (Wildman–Crippen LogP) is 2.81. The molecule has 0 atom stereocenters. The molecule has 19 heavy (non-hydrogen) atoms. The fourth-order valence-corrected chi connectivity index (χ4v) is 1.82. The largest absolute Gasteiger partial charge is 0.484 e. The lowest BCUT2D eigenvalue weighted by molar-refractivity contribution is 0.264. The molecule has 1 aliphatic carbocycles. The van der Waals surface area contributed by atoms with Gasteiger partial charge in [0.05, 0.1) is 12.7 Å². The molecule has 3 rings (SSSR count). The van der Waals surface area contributed by atoms with Gasteiger partial charge in [-0.25, -0.2) is 0 Å². The van der Waals surface area contributed by atoms with E-state index in [1.165, 1.54) is 12.8 Å². The molecular formula is C15H18N2O2. The molecule has 4 heteroatoms. The van der Waals surface area contributed by atoms with Crippen molar-refractivity contribution in [2.75, 3.05) is 0 Å². The van der Waals surface area contributed by atoms with Crippen molar-refractivity contribution in [1.82, 2.24) is 10.3 Å². The topological polar surface area (TPSA) is 47.3 Å². The number of ether oxygens (including phenoxy) is 1. The zero-order valence-corrected chi connectivity index (χ0v) is 11.1. The second kappa shape index (κ2) is 5.45. The van der Waals surface area contributed by atoms with Crippen molar-refractivity contribution in [3.05, 3.63) is 47.7 Å². The van der Waals surface area contributed by atoms with Gasteiger partial charge >= 0.3 is 0 Å². The van der Waals surface area contributed by atoms with E-state index in [4.69, 9.17) is 9.15 Å². The quantitative estimate of drug-likeness (QED) is 0.865. The van der Waals surface area contributed by atoms with E-state index >= 15 is 0 Å². The monoisotopic (exact) mass is 258 g/mol. The predicted molar refractivity (Wildman–Crippen MR) is 71.9 cm³/mol. The molecule has 4 nitrogen and oxygen atoms in total. The van der Waals surface area contributed by atoms with Gasteiger partial charge in [-0.1, -0.05) is 0 Å². The summed E-state index contributed by atoms with van der Waals surface area (Å²) in [5.74, 6) is 2.57. The minimum absolute atomic E-state index is 0.439. The Morgan fingerprint density at radius 1 is 1.26 bits per heavy atom. The molecule has 1 saturated carbocycles. The van der Waals surface area contributed by atoms with E-state index in [0.29, 0.717) is 12.6 Å². The number of nitrogens with one attached hydrogen (secondary N) is 1. The van der Waals surface area contributed by atoms with Gasteiger partial charge in [0.2, 0.25) is 0 Å². The summed E-state index contributed by atoms with van der Waals surface area (Å²) in [6.07, 6.45) is 4.31.